The van der Waals surface area contributed by atoms with E-state index in [0.717, 1.165) is 12.5 Å². The van der Waals surface area contributed by atoms with Gasteiger partial charge in [-0.25, -0.2) is 4.99 Å². The molecule has 1 heterocycles. The van der Waals surface area contributed by atoms with Gasteiger partial charge in [0, 0.05) is 11.6 Å². The first-order chi connectivity index (χ1) is 7.72. The lowest BCUT2D eigenvalue weighted by molar-refractivity contribution is 0.858. The Bertz CT molecular complexity index is 346. The molecular weight excluding hydrogens is 242 g/mol. The number of nitrogens with zero attached hydrogens (tertiary/aromatic N) is 1. The van der Waals surface area contributed by atoms with Crippen molar-refractivity contribution >= 4 is 28.9 Å². The molecule has 2 N–H and O–H groups in total. The lowest BCUT2D eigenvalue weighted by atomic mass is 10.3. The van der Waals surface area contributed by atoms with Crippen molar-refractivity contribution in [2.75, 3.05) is 13.1 Å². The molecule has 1 aromatic heterocycles. The molecule has 0 saturated carbocycles. The van der Waals surface area contributed by atoms with Gasteiger partial charge < -0.3 is 10.6 Å². The molecule has 16 heavy (non-hydrogen) atoms. The molecule has 0 aliphatic rings. The number of hydrogen-bond donors (Lipinski definition) is 2. The Hall–Kier alpha value is -1.00. The zero-order valence-electron chi connectivity index (χ0n) is 9.29. The van der Waals surface area contributed by atoms with E-state index in [-0.39, 0.29) is 0 Å². The molecule has 0 saturated heterocycles. The van der Waals surface area contributed by atoms with Crippen LogP contribution in [0, 0.1) is 0 Å². The van der Waals surface area contributed by atoms with Crippen LogP contribution in [0.15, 0.2) is 33.4 Å². The summed E-state index contributed by atoms with van der Waals surface area (Å²) in [4.78, 5) is 4.43. The fraction of sp³-hybridized carbons (Fsp3) is 0.364. The van der Waals surface area contributed by atoms with Gasteiger partial charge in [0.1, 0.15) is 0 Å². The second kappa shape index (κ2) is 7.30. The predicted molar refractivity (Wildman–Crippen MR) is 72.1 cm³/mol. The maximum absolute atomic E-state index is 5.68. The van der Waals surface area contributed by atoms with Gasteiger partial charge in [0.05, 0.1) is 13.1 Å². The van der Waals surface area contributed by atoms with Gasteiger partial charge in [0.15, 0.2) is 5.96 Å². The zero-order chi connectivity index (χ0) is 11.8. The molecule has 0 spiro atoms. The fourth-order valence-corrected chi connectivity index (χ4v) is 1.80. The van der Waals surface area contributed by atoms with Crippen LogP contribution in [0.4, 0.5) is 0 Å². The summed E-state index contributed by atoms with van der Waals surface area (Å²) in [6.45, 7) is 7.67. The molecule has 5 heteroatoms. The largest absolute Gasteiger partial charge is 0.357 e. The number of halogens is 1. The first kappa shape index (κ1) is 13.1. The Morgan fingerprint density at radius 2 is 2.38 bits per heavy atom. The summed E-state index contributed by atoms with van der Waals surface area (Å²) in [6.07, 6.45) is 0. The fourth-order valence-electron chi connectivity index (χ4n) is 1.07. The van der Waals surface area contributed by atoms with Gasteiger partial charge in [-0.3, -0.25) is 0 Å². The minimum atomic E-state index is 0.525. The molecule has 88 valence electrons. The van der Waals surface area contributed by atoms with E-state index < -0.39 is 0 Å². The van der Waals surface area contributed by atoms with Crippen molar-refractivity contribution < 1.29 is 0 Å². The Labute approximate surface area is 105 Å². The van der Waals surface area contributed by atoms with E-state index in [1.165, 1.54) is 5.56 Å². The maximum Gasteiger partial charge on any atom is 0.191 e. The van der Waals surface area contributed by atoms with E-state index in [0.29, 0.717) is 18.1 Å². The zero-order valence-corrected chi connectivity index (χ0v) is 10.9. The molecule has 0 unspecified atom stereocenters. The molecule has 1 aromatic rings. The number of nitrogens with one attached hydrogen (secondary N) is 2. The number of thiophene rings is 1. The Morgan fingerprint density at radius 3 is 2.94 bits per heavy atom. The quantitative estimate of drug-likeness (QED) is 0.628. The molecule has 0 radical (unpaired) electrons. The smallest absolute Gasteiger partial charge is 0.191 e. The molecule has 0 atom stereocenters. The van der Waals surface area contributed by atoms with E-state index in [2.05, 4.69) is 33.7 Å². The molecule has 0 aromatic carbocycles. The first-order valence-corrected chi connectivity index (χ1v) is 6.41. The van der Waals surface area contributed by atoms with E-state index in [4.69, 9.17) is 11.6 Å². The van der Waals surface area contributed by atoms with Crippen LogP contribution < -0.4 is 10.6 Å². The van der Waals surface area contributed by atoms with Gasteiger partial charge >= 0.3 is 0 Å². The van der Waals surface area contributed by atoms with Crippen LogP contribution in [0.1, 0.15) is 12.5 Å². The first-order valence-electron chi connectivity index (χ1n) is 5.09. The standard InChI is InChI=1S/C11H16ClN3S/c1-3-13-11(14-6-9(2)12)15-7-10-4-5-16-8-10/h4-5,8H,2-3,6-7H2,1H3,(H2,13,14,15). The van der Waals surface area contributed by atoms with E-state index in [1.54, 1.807) is 11.3 Å². The lowest BCUT2D eigenvalue weighted by Gasteiger charge is -2.09. The van der Waals surface area contributed by atoms with Crippen molar-refractivity contribution in [3.05, 3.63) is 34.0 Å². The van der Waals surface area contributed by atoms with Crippen molar-refractivity contribution in [2.45, 2.75) is 13.5 Å². The molecule has 3 nitrogen and oxygen atoms in total. The third kappa shape index (κ3) is 5.19. The van der Waals surface area contributed by atoms with Crippen LogP contribution in [0.5, 0.6) is 0 Å². The van der Waals surface area contributed by atoms with Crippen molar-refractivity contribution in [1.82, 2.24) is 10.6 Å². The Morgan fingerprint density at radius 1 is 1.56 bits per heavy atom. The molecule has 0 fully saturated rings. The van der Waals surface area contributed by atoms with Crippen LogP contribution in [-0.2, 0) is 6.54 Å². The van der Waals surface area contributed by atoms with Gasteiger partial charge in [-0.15, -0.1) is 0 Å². The summed E-state index contributed by atoms with van der Waals surface area (Å²) in [6, 6.07) is 2.07. The summed E-state index contributed by atoms with van der Waals surface area (Å²) in [5.74, 6) is 0.760. The average molecular weight is 258 g/mol. The van der Waals surface area contributed by atoms with Gasteiger partial charge in [-0.05, 0) is 29.3 Å². The molecule has 0 aliphatic heterocycles. The Kier molecular flexibility index (Phi) is 5.96. The number of aliphatic imine (C=N–C) groups is 1. The highest BCUT2D eigenvalue weighted by molar-refractivity contribution is 7.07. The van der Waals surface area contributed by atoms with Crippen LogP contribution in [0.25, 0.3) is 0 Å². The van der Waals surface area contributed by atoms with E-state index >= 15 is 0 Å². The van der Waals surface area contributed by atoms with Crippen LogP contribution in [0.3, 0.4) is 0 Å². The van der Waals surface area contributed by atoms with Crippen molar-refractivity contribution in [3.63, 3.8) is 0 Å². The number of rotatable bonds is 5. The molecular formula is C11H16ClN3S. The third-order valence-electron chi connectivity index (χ3n) is 1.79. The van der Waals surface area contributed by atoms with Crippen LogP contribution in [0.2, 0.25) is 0 Å². The van der Waals surface area contributed by atoms with Gasteiger partial charge in [-0.2, -0.15) is 11.3 Å². The van der Waals surface area contributed by atoms with E-state index in [9.17, 15) is 0 Å². The molecule has 0 bridgehead atoms. The predicted octanol–water partition coefficient (Wildman–Crippen LogP) is 2.56. The highest BCUT2D eigenvalue weighted by Gasteiger charge is 1.97. The van der Waals surface area contributed by atoms with Crippen molar-refractivity contribution in [2.24, 2.45) is 4.99 Å². The maximum atomic E-state index is 5.68. The molecule has 1 rings (SSSR count). The van der Waals surface area contributed by atoms with Crippen molar-refractivity contribution in [1.29, 1.82) is 0 Å². The summed E-state index contributed by atoms with van der Waals surface area (Å²) < 4.78 is 0. The lowest BCUT2D eigenvalue weighted by Crippen LogP contribution is -2.37. The SMILES string of the molecule is C=C(Cl)CNC(=NCc1ccsc1)NCC. The molecule has 0 aliphatic carbocycles. The van der Waals surface area contributed by atoms with Crippen LogP contribution >= 0.6 is 22.9 Å². The van der Waals surface area contributed by atoms with Gasteiger partial charge in [0.2, 0.25) is 0 Å². The average Bonchev–Trinajstić information content (AvgIpc) is 2.75. The van der Waals surface area contributed by atoms with E-state index in [1.807, 2.05) is 12.3 Å². The third-order valence-corrected chi connectivity index (χ3v) is 2.66. The van der Waals surface area contributed by atoms with Gasteiger partial charge in [-0.1, -0.05) is 18.2 Å². The van der Waals surface area contributed by atoms with Gasteiger partial charge in [0.25, 0.3) is 0 Å². The van der Waals surface area contributed by atoms with Crippen LogP contribution in [-0.4, -0.2) is 19.0 Å². The molecule has 0 amide bonds. The summed E-state index contributed by atoms with van der Waals surface area (Å²) in [7, 11) is 0. The summed E-state index contributed by atoms with van der Waals surface area (Å²) in [5.41, 5.74) is 1.21. The monoisotopic (exact) mass is 257 g/mol. The number of hydrogen-bond acceptors (Lipinski definition) is 2. The normalized spacial score (nSPS) is 11.2. The highest BCUT2D eigenvalue weighted by atomic mass is 35.5. The Balaban J connectivity index is 2.47. The highest BCUT2D eigenvalue weighted by Crippen LogP contribution is 2.06. The second-order valence-corrected chi connectivity index (χ2v) is 4.51. The van der Waals surface area contributed by atoms with Crippen molar-refractivity contribution in [3.8, 4) is 0 Å². The topological polar surface area (TPSA) is 36.4 Å². The minimum Gasteiger partial charge on any atom is -0.357 e. The number of guanidine groups is 1. The second-order valence-electron chi connectivity index (χ2n) is 3.20. The summed E-state index contributed by atoms with van der Waals surface area (Å²) in [5, 5.41) is 10.9. The minimum absolute atomic E-state index is 0.525. The summed E-state index contributed by atoms with van der Waals surface area (Å²) >= 11 is 7.36.